The summed E-state index contributed by atoms with van der Waals surface area (Å²) < 4.78 is 13.8. The van der Waals surface area contributed by atoms with Crippen molar-refractivity contribution in [2.24, 2.45) is 0 Å². The third-order valence-electron chi connectivity index (χ3n) is 12.2. The van der Waals surface area contributed by atoms with Gasteiger partial charge < -0.3 is 8.82 Å². The van der Waals surface area contributed by atoms with Crippen molar-refractivity contribution >= 4 is 115 Å². The van der Waals surface area contributed by atoms with Crippen molar-refractivity contribution in [3.63, 3.8) is 0 Å². The average Bonchev–Trinajstić information content (AvgIpc) is 4.05. The lowest BCUT2D eigenvalue weighted by atomic mass is 10.0. The minimum atomic E-state index is 0.597. The second-order valence-electron chi connectivity index (χ2n) is 14.9. The van der Waals surface area contributed by atoms with Crippen LogP contribution in [0.25, 0.3) is 126 Å². The van der Waals surface area contributed by atoms with Gasteiger partial charge in [0.2, 0.25) is 5.95 Å². The topological polar surface area (TPSA) is 53.2 Å². The normalized spacial score (nSPS) is 12.6. The average molecular weight is 714 g/mol. The lowest BCUT2D eigenvalue weighted by Crippen LogP contribution is -2.06. The second-order valence-corrected chi connectivity index (χ2v) is 14.9. The molecular weight excluding hydrogens is 687 g/mol. The molecule has 0 saturated carbocycles. The van der Waals surface area contributed by atoms with Crippen LogP contribution >= 0.6 is 0 Å². The highest BCUT2D eigenvalue weighted by Gasteiger charge is 2.27. The molecule has 0 aliphatic heterocycles. The first-order chi connectivity index (χ1) is 27.8. The maximum Gasteiger partial charge on any atom is 0.237 e. The number of aromatic nitrogens is 5. The predicted molar refractivity (Wildman–Crippen MR) is 230 cm³/mol. The molecular formula is C50H27N5O. The maximum atomic E-state index is 6.77. The number of furan rings is 1. The Hall–Kier alpha value is -7.70. The zero-order chi connectivity index (χ0) is 36.2. The first-order valence-corrected chi connectivity index (χ1v) is 19.0. The Labute approximate surface area is 317 Å². The van der Waals surface area contributed by atoms with Gasteiger partial charge in [-0.2, -0.15) is 4.98 Å². The molecule has 0 fully saturated rings. The molecule has 0 aliphatic carbocycles. The molecule has 258 valence electrons. The van der Waals surface area contributed by atoms with Crippen LogP contribution in [0.1, 0.15) is 0 Å². The van der Waals surface area contributed by atoms with E-state index in [0.29, 0.717) is 17.3 Å². The third-order valence-corrected chi connectivity index (χ3v) is 12.2. The first kappa shape index (κ1) is 28.8. The SMILES string of the molecule is c1ccc2c(c1)ccc1c2c2ccccc2n1-c1nc(-n2c3ccccc3c3cc4c5ccccc5n5c6ccccc6c(c32)c45)nc2c1oc1ccccc12. The largest absolute Gasteiger partial charge is 0.450 e. The van der Waals surface area contributed by atoms with Crippen molar-refractivity contribution in [1.29, 1.82) is 0 Å². The number of benzene rings is 8. The molecule has 6 heterocycles. The smallest absolute Gasteiger partial charge is 0.237 e. The minimum absolute atomic E-state index is 0.597. The van der Waals surface area contributed by atoms with E-state index in [1.807, 2.05) is 12.1 Å². The number of rotatable bonds is 2. The van der Waals surface area contributed by atoms with Crippen LogP contribution in [0.3, 0.4) is 0 Å². The van der Waals surface area contributed by atoms with Crippen molar-refractivity contribution in [3.05, 3.63) is 164 Å². The van der Waals surface area contributed by atoms with Gasteiger partial charge in [-0.05, 0) is 59.3 Å². The van der Waals surface area contributed by atoms with Crippen molar-refractivity contribution in [2.75, 3.05) is 0 Å². The minimum Gasteiger partial charge on any atom is -0.450 e. The summed E-state index contributed by atoms with van der Waals surface area (Å²) in [6.45, 7) is 0. The van der Waals surface area contributed by atoms with E-state index in [0.717, 1.165) is 43.9 Å². The number of fused-ring (bicyclic) bond motifs is 18. The van der Waals surface area contributed by atoms with E-state index in [9.17, 15) is 0 Å². The van der Waals surface area contributed by atoms with Crippen LogP contribution in [0.5, 0.6) is 0 Å². The van der Waals surface area contributed by atoms with Gasteiger partial charge in [0, 0.05) is 48.5 Å². The highest BCUT2D eigenvalue weighted by molar-refractivity contribution is 6.34. The van der Waals surface area contributed by atoms with Gasteiger partial charge in [0.15, 0.2) is 11.4 Å². The molecule has 14 rings (SSSR count). The second kappa shape index (κ2) is 10.1. The van der Waals surface area contributed by atoms with Gasteiger partial charge in [0.1, 0.15) is 11.1 Å². The van der Waals surface area contributed by atoms with Gasteiger partial charge in [-0.1, -0.05) is 115 Å². The molecule has 0 aliphatic rings. The van der Waals surface area contributed by atoms with E-state index in [1.165, 1.54) is 65.0 Å². The molecule has 0 N–H and O–H groups in total. The van der Waals surface area contributed by atoms with Crippen molar-refractivity contribution in [3.8, 4) is 11.8 Å². The third kappa shape index (κ3) is 3.39. The van der Waals surface area contributed by atoms with Gasteiger partial charge in [-0.25, -0.2) is 4.98 Å². The number of hydrogen-bond donors (Lipinski definition) is 0. The van der Waals surface area contributed by atoms with Crippen LogP contribution < -0.4 is 0 Å². The maximum absolute atomic E-state index is 6.77. The molecule has 0 amide bonds. The molecule has 0 radical (unpaired) electrons. The first-order valence-electron chi connectivity index (χ1n) is 19.0. The predicted octanol–water partition coefficient (Wildman–Crippen LogP) is 12.9. The van der Waals surface area contributed by atoms with Crippen molar-refractivity contribution in [1.82, 2.24) is 23.5 Å². The lowest BCUT2D eigenvalue weighted by molar-refractivity contribution is 0.661. The number of hydrogen-bond acceptors (Lipinski definition) is 3. The van der Waals surface area contributed by atoms with E-state index in [1.54, 1.807) is 0 Å². The van der Waals surface area contributed by atoms with Gasteiger partial charge in [-0.15, -0.1) is 0 Å². The van der Waals surface area contributed by atoms with E-state index < -0.39 is 0 Å². The number of para-hydroxylation sites is 5. The van der Waals surface area contributed by atoms with Crippen LogP contribution in [0.4, 0.5) is 0 Å². The van der Waals surface area contributed by atoms with Gasteiger partial charge in [0.05, 0.1) is 38.6 Å². The molecule has 0 unspecified atom stereocenters. The molecule has 8 aromatic carbocycles. The Morgan fingerprint density at radius 1 is 0.393 bits per heavy atom. The molecule has 6 aromatic heterocycles. The van der Waals surface area contributed by atoms with Crippen molar-refractivity contribution < 1.29 is 4.42 Å². The van der Waals surface area contributed by atoms with Crippen LogP contribution in [-0.2, 0) is 0 Å². The summed E-state index contributed by atoms with van der Waals surface area (Å²) in [6.07, 6.45) is 0. The fraction of sp³-hybridized carbons (Fsp3) is 0. The summed E-state index contributed by atoms with van der Waals surface area (Å²) in [7, 11) is 0. The van der Waals surface area contributed by atoms with Gasteiger partial charge in [0.25, 0.3) is 0 Å². The molecule has 14 aromatic rings. The fourth-order valence-electron chi connectivity index (χ4n) is 9.95. The quantitative estimate of drug-likeness (QED) is 0.179. The van der Waals surface area contributed by atoms with Crippen molar-refractivity contribution in [2.45, 2.75) is 0 Å². The Kier molecular flexibility index (Phi) is 5.18. The Morgan fingerprint density at radius 3 is 1.75 bits per heavy atom. The summed E-state index contributed by atoms with van der Waals surface area (Å²) in [5.41, 5.74) is 10.1. The highest BCUT2D eigenvalue weighted by Crippen LogP contribution is 2.47. The molecule has 6 nitrogen and oxygen atoms in total. The van der Waals surface area contributed by atoms with Crippen LogP contribution in [0, 0.1) is 0 Å². The summed E-state index contributed by atoms with van der Waals surface area (Å²) in [4.78, 5) is 11.1. The molecule has 0 spiro atoms. The van der Waals surface area contributed by atoms with Gasteiger partial charge >= 0.3 is 0 Å². The molecule has 56 heavy (non-hydrogen) atoms. The van der Waals surface area contributed by atoms with Gasteiger partial charge in [-0.3, -0.25) is 9.13 Å². The lowest BCUT2D eigenvalue weighted by Gasteiger charge is -2.12. The summed E-state index contributed by atoms with van der Waals surface area (Å²) >= 11 is 0. The zero-order valence-electron chi connectivity index (χ0n) is 29.7. The Balaban J connectivity index is 1.21. The van der Waals surface area contributed by atoms with E-state index in [-0.39, 0.29) is 0 Å². The summed E-state index contributed by atoms with van der Waals surface area (Å²) in [5.74, 6) is 1.31. The van der Waals surface area contributed by atoms with Crippen LogP contribution in [0.15, 0.2) is 168 Å². The summed E-state index contributed by atoms with van der Waals surface area (Å²) in [6, 6.07) is 58.5. The van der Waals surface area contributed by atoms with E-state index >= 15 is 0 Å². The monoisotopic (exact) mass is 713 g/mol. The Bertz CT molecular complexity index is 4010. The molecule has 6 heteroatoms. The van der Waals surface area contributed by atoms with Crippen LogP contribution in [-0.4, -0.2) is 23.5 Å². The highest BCUT2D eigenvalue weighted by atomic mass is 16.3. The molecule has 0 atom stereocenters. The van der Waals surface area contributed by atoms with E-state index in [4.69, 9.17) is 14.4 Å². The zero-order valence-corrected chi connectivity index (χ0v) is 29.7. The summed E-state index contributed by atoms with van der Waals surface area (Å²) in [5, 5.41) is 13.0. The number of nitrogens with zero attached hydrogens (tertiary/aromatic N) is 5. The van der Waals surface area contributed by atoms with E-state index in [2.05, 4.69) is 165 Å². The standard InChI is InChI=1S/C50H27N5O/c1-2-14-29-28(13-1)25-26-41-43(29)32-17-5-11-23-40(32)54(41)49-48-45(34-19-7-12-24-42(34)56-48)51-50(52-49)55-38-21-9-4-16-31(38)36-27-35-30-15-3-8-20-37(30)53-39-22-10-6-18-33(39)44(46(35)53)47(36)55/h1-27H. The molecule has 0 saturated heterocycles. The Morgan fingerprint density at radius 2 is 0.964 bits per heavy atom. The van der Waals surface area contributed by atoms with Crippen LogP contribution in [0.2, 0.25) is 0 Å². The molecule has 0 bridgehead atoms. The fourth-order valence-corrected chi connectivity index (χ4v) is 9.95.